The molecule has 0 rings (SSSR count). The Morgan fingerprint density at radius 2 is 0.732 bits per heavy atom. The Morgan fingerprint density at radius 1 is 0.375 bits per heavy atom. The third-order valence-electron chi connectivity index (χ3n) is 9.77. The fourth-order valence-electron chi connectivity index (χ4n) is 6.27. The molecule has 0 saturated heterocycles. The molecule has 1 atom stereocenters. The van der Waals surface area contributed by atoms with Crippen LogP contribution in [0, 0.1) is 0 Å². The summed E-state index contributed by atoms with van der Waals surface area (Å²) in [6.45, 7) is 6.38. The molecule has 0 aromatic rings. The third kappa shape index (κ3) is 42.3. The molecular weight excluding hydrogens is 697 g/mol. The Balaban J connectivity index is 4.29. The van der Waals surface area contributed by atoms with Crippen molar-refractivity contribution in [1.29, 1.82) is 0 Å². The third-order valence-corrected chi connectivity index (χ3v) is 9.77. The van der Waals surface area contributed by atoms with Crippen LogP contribution in [0.4, 0.5) is 0 Å². The summed E-state index contributed by atoms with van der Waals surface area (Å²) in [7, 11) is 0. The topological polar surface area (TPSA) is 78.9 Å². The fraction of sp³-hybridized carbons (Fsp3) is 0.740. The second-order valence-corrected chi connectivity index (χ2v) is 15.3. The normalized spacial score (nSPS) is 12.6. The van der Waals surface area contributed by atoms with Crippen molar-refractivity contribution < 1.29 is 28.6 Å². The summed E-state index contributed by atoms with van der Waals surface area (Å²) in [5, 5.41) is 0. The molecule has 0 heterocycles. The standard InChI is InChI=1S/C50H86O6/c1-4-7-10-13-16-18-20-22-23-24-25-26-27-29-30-32-34-37-40-43-49(52)55-46-47(45-54-48(51)42-39-36-15-12-9-6-3)56-50(53)44-41-38-35-33-31-28-21-19-17-14-11-8-5-2/h8,11,17,19,22-23,28,31,35,38,47H,4-7,9-10,12-16,18,20-21,24-27,29-30,32-34,36-37,39-46H2,1-3H3/b11-8-,19-17-,23-22-,31-28-,38-35-. The van der Waals surface area contributed by atoms with Crippen LogP contribution in [0.5, 0.6) is 0 Å². The Morgan fingerprint density at radius 3 is 1.16 bits per heavy atom. The molecular formula is C50H86O6. The first-order chi connectivity index (χ1) is 27.5. The van der Waals surface area contributed by atoms with E-state index in [0.29, 0.717) is 19.3 Å². The number of carbonyl (C=O) groups is 3. The Kier molecular flexibility index (Phi) is 42.5. The minimum atomic E-state index is -0.807. The first-order valence-corrected chi connectivity index (χ1v) is 23.3. The van der Waals surface area contributed by atoms with Gasteiger partial charge in [-0.1, -0.05) is 191 Å². The second-order valence-electron chi connectivity index (χ2n) is 15.3. The molecule has 6 heteroatoms. The van der Waals surface area contributed by atoms with Crippen molar-refractivity contribution in [3.63, 3.8) is 0 Å². The molecule has 1 unspecified atom stereocenters. The Labute approximate surface area is 345 Å². The van der Waals surface area contributed by atoms with Crippen LogP contribution in [-0.2, 0) is 28.6 Å². The van der Waals surface area contributed by atoms with E-state index in [0.717, 1.165) is 64.2 Å². The highest BCUT2D eigenvalue weighted by atomic mass is 16.6. The van der Waals surface area contributed by atoms with Crippen LogP contribution in [0.15, 0.2) is 60.8 Å². The molecule has 0 aliphatic carbocycles. The molecule has 0 radical (unpaired) electrons. The van der Waals surface area contributed by atoms with Crippen molar-refractivity contribution in [3.05, 3.63) is 60.8 Å². The highest BCUT2D eigenvalue weighted by Crippen LogP contribution is 2.14. The van der Waals surface area contributed by atoms with Crippen molar-refractivity contribution in [2.45, 2.75) is 226 Å². The van der Waals surface area contributed by atoms with Crippen molar-refractivity contribution in [1.82, 2.24) is 0 Å². The molecule has 0 aliphatic heterocycles. The smallest absolute Gasteiger partial charge is 0.306 e. The number of esters is 3. The first kappa shape index (κ1) is 53.1. The summed E-state index contributed by atoms with van der Waals surface area (Å²) in [5.74, 6) is -1.000. The van der Waals surface area contributed by atoms with Gasteiger partial charge in [-0.3, -0.25) is 14.4 Å². The van der Waals surface area contributed by atoms with Crippen molar-refractivity contribution >= 4 is 17.9 Å². The van der Waals surface area contributed by atoms with Crippen LogP contribution in [0.25, 0.3) is 0 Å². The van der Waals surface area contributed by atoms with E-state index in [1.165, 1.54) is 109 Å². The van der Waals surface area contributed by atoms with E-state index in [2.05, 4.69) is 69.4 Å². The number of unbranched alkanes of at least 4 members (excludes halogenated alkanes) is 20. The first-order valence-electron chi connectivity index (χ1n) is 23.3. The minimum absolute atomic E-state index is 0.103. The van der Waals surface area contributed by atoms with Gasteiger partial charge in [-0.2, -0.15) is 0 Å². The zero-order valence-corrected chi connectivity index (χ0v) is 36.6. The van der Waals surface area contributed by atoms with Crippen LogP contribution in [-0.4, -0.2) is 37.2 Å². The zero-order chi connectivity index (χ0) is 40.8. The van der Waals surface area contributed by atoms with Gasteiger partial charge in [0.25, 0.3) is 0 Å². The fourth-order valence-corrected chi connectivity index (χ4v) is 6.27. The number of ether oxygens (including phenoxy) is 3. The molecule has 0 amide bonds. The minimum Gasteiger partial charge on any atom is -0.462 e. The number of allylic oxidation sites excluding steroid dienone is 10. The lowest BCUT2D eigenvalue weighted by Crippen LogP contribution is -2.30. The largest absolute Gasteiger partial charge is 0.462 e. The number of carbonyl (C=O) groups excluding carboxylic acids is 3. The van der Waals surface area contributed by atoms with Gasteiger partial charge in [0.1, 0.15) is 13.2 Å². The van der Waals surface area contributed by atoms with Crippen LogP contribution < -0.4 is 0 Å². The number of hydrogen-bond acceptors (Lipinski definition) is 6. The highest BCUT2D eigenvalue weighted by Gasteiger charge is 2.19. The molecule has 0 fully saturated rings. The maximum absolute atomic E-state index is 12.6. The molecule has 0 spiro atoms. The molecule has 0 aromatic carbocycles. The lowest BCUT2D eigenvalue weighted by Gasteiger charge is -2.18. The van der Waals surface area contributed by atoms with E-state index in [4.69, 9.17) is 14.2 Å². The average molecular weight is 783 g/mol. The number of hydrogen-bond donors (Lipinski definition) is 0. The van der Waals surface area contributed by atoms with E-state index in [9.17, 15) is 14.4 Å². The van der Waals surface area contributed by atoms with Crippen LogP contribution in [0.2, 0.25) is 0 Å². The van der Waals surface area contributed by atoms with Gasteiger partial charge in [-0.15, -0.1) is 0 Å². The van der Waals surface area contributed by atoms with Gasteiger partial charge >= 0.3 is 17.9 Å². The molecule has 56 heavy (non-hydrogen) atoms. The van der Waals surface area contributed by atoms with Gasteiger partial charge in [0, 0.05) is 19.3 Å². The van der Waals surface area contributed by atoms with Crippen molar-refractivity contribution in [3.8, 4) is 0 Å². The van der Waals surface area contributed by atoms with Crippen molar-refractivity contribution in [2.75, 3.05) is 13.2 Å². The highest BCUT2D eigenvalue weighted by molar-refractivity contribution is 5.71. The molecule has 0 bridgehead atoms. The van der Waals surface area contributed by atoms with E-state index in [1.54, 1.807) is 0 Å². The lowest BCUT2D eigenvalue weighted by atomic mass is 10.1. The molecule has 0 saturated carbocycles. The van der Waals surface area contributed by atoms with Crippen LogP contribution in [0.1, 0.15) is 220 Å². The van der Waals surface area contributed by atoms with Crippen LogP contribution in [0.3, 0.4) is 0 Å². The maximum Gasteiger partial charge on any atom is 0.306 e. The summed E-state index contributed by atoms with van der Waals surface area (Å²) >= 11 is 0. The predicted molar refractivity (Wildman–Crippen MR) is 238 cm³/mol. The average Bonchev–Trinajstić information content (AvgIpc) is 3.19. The summed E-state index contributed by atoms with van der Waals surface area (Å²) in [6, 6.07) is 0. The van der Waals surface area contributed by atoms with Gasteiger partial charge < -0.3 is 14.2 Å². The van der Waals surface area contributed by atoms with E-state index >= 15 is 0 Å². The van der Waals surface area contributed by atoms with Gasteiger partial charge in [0.15, 0.2) is 6.10 Å². The van der Waals surface area contributed by atoms with Crippen molar-refractivity contribution in [2.24, 2.45) is 0 Å². The van der Waals surface area contributed by atoms with Gasteiger partial charge in [0.2, 0.25) is 0 Å². The molecule has 322 valence electrons. The zero-order valence-electron chi connectivity index (χ0n) is 36.6. The summed E-state index contributed by atoms with van der Waals surface area (Å²) in [4.78, 5) is 37.5. The number of rotatable bonds is 41. The van der Waals surface area contributed by atoms with E-state index in [1.807, 2.05) is 12.2 Å². The molecule has 6 nitrogen and oxygen atoms in total. The van der Waals surface area contributed by atoms with Gasteiger partial charge in [0.05, 0.1) is 0 Å². The van der Waals surface area contributed by atoms with Gasteiger partial charge in [-0.05, 0) is 70.6 Å². The lowest BCUT2D eigenvalue weighted by molar-refractivity contribution is -0.166. The van der Waals surface area contributed by atoms with Crippen LogP contribution >= 0.6 is 0 Å². The second kappa shape index (κ2) is 44.8. The summed E-state index contributed by atoms with van der Waals surface area (Å²) < 4.78 is 16.6. The molecule has 0 N–H and O–H groups in total. The van der Waals surface area contributed by atoms with E-state index < -0.39 is 12.1 Å². The predicted octanol–water partition coefficient (Wildman–Crippen LogP) is 14.9. The Hall–Kier alpha value is -2.89. The monoisotopic (exact) mass is 783 g/mol. The Bertz CT molecular complexity index is 1040. The summed E-state index contributed by atoms with van der Waals surface area (Å²) in [6.07, 6.45) is 53.9. The SMILES string of the molecule is CC/C=C\C/C=C\C/C=C\C/C=C\CCC(=O)OC(COC(=O)CCCCCCCC)COC(=O)CCCCCCCCCCC/C=C\CCCCCCCC. The molecule has 0 aromatic heterocycles. The van der Waals surface area contributed by atoms with Gasteiger partial charge in [-0.25, -0.2) is 0 Å². The maximum atomic E-state index is 12.6. The quantitative estimate of drug-likeness (QED) is 0.0266. The summed E-state index contributed by atoms with van der Waals surface area (Å²) in [5.41, 5.74) is 0. The molecule has 0 aliphatic rings. The van der Waals surface area contributed by atoms with E-state index in [-0.39, 0.29) is 31.6 Å².